The Labute approximate surface area is 158 Å². The number of ether oxygens (including phenoxy) is 2. The van der Waals surface area contributed by atoms with E-state index in [-0.39, 0.29) is 17.1 Å². The molecule has 2 rings (SSSR count). The van der Waals surface area contributed by atoms with Gasteiger partial charge in [0.15, 0.2) is 11.6 Å². The molecule has 1 aliphatic carbocycles. The summed E-state index contributed by atoms with van der Waals surface area (Å²) < 4.78 is 39.0. The first-order valence-corrected chi connectivity index (χ1v) is 9.18. The first-order chi connectivity index (χ1) is 12.3. The van der Waals surface area contributed by atoms with E-state index in [4.69, 9.17) is 26.8 Å². The van der Waals surface area contributed by atoms with Crippen molar-refractivity contribution in [1.82, 2.24) is 4.98 Å². The minimum Gasteiger partial charge on any atom is -0.492 e. The molecule has 144 valence electrons. The summed E-state index contributed by atoms with van der Waals surface area (Å²) in [6.45, 7) is 6.44. The molecule has 1 aromatic rings. The van der Waals surface area contributed by atoms with Crippen molar-refractivity contribution in [2.24, 2.45) is 5.92 Å². The quantitative estimate of drug-likeness (QED) is 0.640. The highest BCUT2D eigenvalue weighted by molar-refractivity contribution is 6.23. The molecule has 0 radical (unpaired) electrons. The van der Waals surface area contributed by atoms with Gasteiger partial charge in [0.05, 0.1) is 12.8 Å². The predicted molar refractivity (Wildman–Crippen MR) is 100 cm³/mol. The fourth-order valence-electron chi connectivity index (χ4n) is 2.63. The van der Waals surface area contributed by atoms with Gasteiger partial charge in [-0.1, -0.05) is 38.8 Å². The molecule has 0 saturated carbocycles. The van der Waals surface area contributed by atoms with Gasteiger partial charge in [-0.05, 0) is 24.5 Å². The zero-order valence-corrected chi connectivity index (χ0v) is 16.0. The molecule has 4 nitrogen and oxygen atoms in total. The van der Waals surface area contributed by atoms with Crippen molar-refractivity contribution in [3.05, 3.63) is 36.1 Å². The number of halogens is 3. The maximum absolute atomic E-state index is 13.8. The van der Waals surface area contributed by atoms with Crippen LogP contribution in [-0.2, 0) is 0 Å². The predicted octanol–water partition coefficient (Wildman–Crippen LogP) is 4.99. The molecular formula is C19H25ClF2N2O2. The highest BCUT2D eigenvalue weighted by Crippen LogP contribution is 2.36. The Morgan fingerprint density at radius 1 is 1.35 bits per heavy atom. The van der Waals surface area contributed by atoms with Gasteiger partial charge >= 0.3 is 0 Å². The van der Waals surface area contributed by atoms with Crippen molar-refractivity contribution < 1.29 is 18.3 Å². The van der Waals surface area contributed by atoms with Crippen molar-refractivity contribution in [3.63, 3.8) is 0 Å². The first kappa shape index (κ1) is 20.5. The van der Waals surface area contributed by atoms with Crippen LogP contribution in [0.25, 0.3) is 0 Å². The molecule has 2 atom stereocenters. The third-order valence-electron chi connectivity index (χ3n) is 4.51. The van der Waals surface area contributed by atoms with Crippen LogP contribution >= 0.6 is 11.6 Å². The third kappa shape index (κ3) is 4.87. The van der Waals surface area contributed by atoms with Gasteiger partial charge in [0.1, 0.15) is 17.2 Å². The van der Waals surface area contributed by atoms with Crippen molar-refractivity contribution in [2.75, 3.05) is 12.3 Å². The second kappa shape index (κ2) is 8.71. The van der Waals surface area contributed by atoms with Gasteiger partial charge in [0.25, 0.3) is 5.92 Å². The largest absolute Gasteiger partial charge is 0.492 e. The summed E-state index contributed by atoms with van der Waals surface area (Å²) in [6, 6.07) is 1.63. The molecule has 1 aromatic heterocycles. The van der Waals surface area contributed by atoms with E-state index in [1.54, 1.807) is 13.0 Å². The molecule has 0 aromatic carbocycles. The molecule has 0 fully saturated rings. The Bertz CT molecular complexity index is 676. The fourth-order valence-corrected chi connectivity index (χ4v) is 2.95. The SMILES string of the molecule is CCC(CC)COc1cnc(N)c(OC(C)C2=CC=CC(F)(F)C2Cl)c1. The van der Waals surface area contributed by atoms with Crippen LogP contribution in [0, 0.1) is 5.92 Å². The molecule has 0 aliphatic heterocycles. The van der Waals surface area contributed by atoms with E-state index >= 15 is 0 Å². The van der Waals surface area contributed by atoms with Crippen LogP contribution in [0.2, 0.25) is 0 Å². The Kier molecular flexibility index (Phi) is 6.87. The molecule has 26 heavy (non-hydrogen) atoms. The van der Waals surface area contributed by atoms with Crippen molar-refractivity contribution in [3.8, 4) is 11.5 Å². The van der Waals surface area contributed by atoms with E-state index in [1.165, 1.54) is 18.3 Å². The van der Waals surface area contributed by atoms with Crippen molar-refractivity contribution in [1.29, 1.82) is 0 Å². The smallest absolute Gasteiger partial charge is 0.286 e. The van der Waals surface area contributed by atoms with E-state index in [0.29, 0.717) is 18.3 Å². The molecule has 1 aliphatic rings. The van der Waals surface area contributed by atoms with Gasteiger partial charge < -0.3 is 15.2 Å². The van der Waals surface area contributed by atoms with E-state index in [1.807, 2.05) is 0 Å². The van der Waals surface area contributed by atoms with Crippen LogP contribution in [0.15, 0.2) is 36.1 Å². The third-order valence-corrected chi connectivity index (χ3v) is 5.05. The summed E-state index contributed by atoms with van der Waals surface area (Å²) in [4.78, 5) is 4.07. The van der Waals surface area contributed by atoms with Crippen LogP contribution in [0.3, 0.4) is 0 Å². The Morgan fingerprint density at radius 2 is 2.04 bits per heavy atom. The first-order valence-electron chi connectivity index (χ1n) is 8.74. The summed E-state index contributed by atoms with van der Waals surface area (Å²) in [5.74, 6) is -1.69. The van der Waals surface area contributed by atoms with Gasteiger partial charge in [-0.3, -0.25) is 0 Å². The number of allylic oxidation sites excluding steroid dienone is 3. The van der Waals surface area contributed by atoms with E-state index in [2.05, 4.69) is 18.8 Å². The second-order valence-electron chi connectivity index (χ2n) is 6.37. The number of hydrogen-bond donors (Lipinski definition) is 1. The van der Waals surface area contributed by atoms with Crippen LogP contribution < -0.4 is 15.2 Å². The number of nitrogens with two attached hydrogens (primary N) is 1. The van der Waals surface area contributed by atoms with Crippen LogP contribution in [0.5, 0.6) is 11.5 Å². The molecule has 7 heteroatoms. The molecule has 2 unspecified atom stereocenters. The standard InChI is InChI=1S/C19H25ClF2N2O2/c1-4-13(5-2)11-25-14-9-16(18(23)24-10-14)26-12(3)15-7-6-8-19(21,22)17(15)20/h6-10,12-13,17H,4-5,11H2,1-3H3,(H2,23,24). The average molecular weight is 387 g/mol. The van der Waals surface area contributed by atoms with E-state index < -0.39 is 17.4 Å². The topological polar surface area (TPSA) is 57.4 Å². The molecule has 0 saturated heterocycles. The molecule has 2 N–H and O–H groups in total. The van der Waals surface area contributed by atoms with Crippen LogP contribution in [-0.4, -0.2) is 29.0 Å². The summed E-state index contributed by atoms with van der Waals surface area (Å²) in [5, 5.41) is -1.47. The average Bonchev–Trinajstić information content (AvgIpc) is 2.60. The Balaban J connectivity index is 2.10. The fraction of sp³-hybridized carbons (Fsp3) is 0.526. The summed E-state index contributed by atoms with van der Waals surface area (Å²) in [6.07, 6.45) is 6.48. The van der Waals surface area contributed by atoms with Gasteiger partial charge in [-0.15, -0.1) is 11.6 Å². The zero-order valence-electron chi connectivity index (χ0n) is 15.2. The van der Waals surface area contributed by atoms with Crippen LogP contribution in [0.4, 0.5) is 14.6 Å². The molecule has 0 bridgehead atoms. The zero-order chi connectivity index (χ0) is 19.3. The minimum absolute atomic E-state index is 0.163. The number of pyridine rings is 1. The van der Waals surface area contributed by atoms with Gasteiger partial charge in [0.2, 0.25) is 0 Å². The van der Waals surface area contributed by atoms with Gasteiger partial charge in [-0.25, -0.2) is 4.98 Å². The number of rotatable bonds is 8. The maximum Gasteiger partial charge on any atom is 0.286 e. The lowest BCUT2D eigenvalue weighted by atomic mass is 9.97. The second-order valence-corrected chi connectivity index (χ2v) is 6.81. The number of anilines is 1. The van der Waals surface area contributed by atoms with Crippen molar-refractivity contribution in [2.45, 2.75) is 51.0 Å². The monoisotopic (exact) mass is 386 g/mol. The van der Waals surface area contributed by atoms with E-state index in [9.17, 15) is 8.78 Å². The molecule has 0 spiro atoms. The number of hydrogen-bond acceptors (Lipinski definition) is 4. The number of nitrogens with zero attached hydrogens (tertiary/aromatic N) is 1. The van der Waals surface area contributed by atoms with Gasteiger partial charge in [0, 0.05) is 6.07 Å². The summed E-state index contributed by atoms with van der Waals surface area (Å²) in [7, 11) is 0. The highest BCUT2D eigenvalue weighted by Gasteiger charge is 2.41. The summed E-state index contributed by atoms with van der Waals surface area (Å²) >= 11 is 5.90. The van der Waals surface area contributed by atoms with E-state index in [0.717, 1.165) is 18.9 Å². The number of alkyl halides is 3. The number of aromatic nitrogens is 1. The Hall–Kier alpha value is -1.82. The highest BCUT2D eigenvalue weighted by atomic mass is 35.5. The minimum atomic E-state index is -3.12. The normalized spacial score (nSPS) is 20.0. The lowest BCUT2D eigenvalue weighted by molar-refractivity contribution is 0.0524. The lowest BCUT2D eigenvalue weighted by Gasteiger charge is -2.28. The Morgan fingerprint density at radius 3 is 2.69 bits per heavy atom. The molecule has 0 amide bonds. The molecular weight excluding hydrogens is 362 g/mol. The maximum atomic E-state index is 13.8. The number of nitrogen functional groups attached to an aromatic ring is 1. The summed E-state index contributed by atoms with van der Waals surface area (Å²) in [5.41, 5.74) is 6.14. The van der Waals surface area contributed by atoms with Crippen molar-refractivity contribution >= 4 is 17.4 Å². The molecule has 1 heterocycles. The lowest BCUT2D eigenvalue weighted by Crippen LogP contribution is -2.35. The van der Waals surface area contributed by atoms with Gasteiger partial charge in [-0.2, -0.15) is 8.78 Å². The van der Waals surface area contributed by atoms with Crippen LogP contribution in [0.1, 0.15) is 33.6 Å².